The van der Waals surface area contributed by atoms with E-state index in [1.165, 1.54) is 0 Å². The van der Waals surface area contributed by atoms with E-state index in [1.807, 2.05) is 18.2 Å². The van der Waals surface area contributed by atoms with Crippen LogP contribution >= 0.6 is 11.6 Å². The Morgan fingerprint density at radius 1 is 1.39 bits per heavy atom. The summed E-state index contributed by atoms with van der Waals surface area (Å²) >= 11 is 6.37. The van der Waals surface area contributed by atoms with Crippen molar-refractivity contribution in [1.82, 2.24) is 4.98 Å². The molecule has 1 aliphatic rings. The van der Waals surface area contributed by atoms with E-state index in [0.29, 0.717) is 17.4 Å². The Kier molecular flexibility index (Phi) is 5.13. The lowest BCUT2D eigenvalue weighted by Gasteiger charge is -2.35. The number of benzene rings is 1. The number of aliphatic hydroxyl groups excluding tert-OH is 1. The summed E-state index contributed by atoms with van der Waals surface area (Å²) in [5.41, 5.74) is 2.86. The quantitative estimate of drug-likeness (QED) is 0.854. The Hall–Kier alpha value is -1.65. The van der Waals surface area contributed by atoms with Crippen molar-refractivity contribution in [2.75, 3.05) is 24.6 Å². The van der Waals surface area contributed by atoms with Gasteiger partial charge < -0.3 is 14.8 Å². The fraction of sp³-hybridized carbons (Fsp3) is 0.444. The van der Waals surface area contributed by atoms with Crippen LogP contribution in [0, 0.1) is 5.92 Å². The molecule has 5 heteroatoms. The molecule has 23 heavy (non-hydrogen) atoms. The summed E-state index contributed by atoms with van der Waals surface area (Å²) in [7, 11) is 0. The molecule has 122 valence electrons. The normalized spacial score (nSPS) is 16.0. The van der Waals surface area contributed by atoms with Gasteiger partial charge in [0.15, 0.2) is 0 Å². The molecule has 0 bridgehead atoms. The van der Waals surface area contributed by atoms with Gasteiger partial charge in [-0.3, -0.25) is 4.98 Å². The van der Waals surface area contributed by atoms with Crippen LogP contribution in [0.3, 0.4) is 0 Å². The molecular weight excluding hydrogens is 312 g/mol. The second-order valence-corrected chi connectivity index (χ2v) is 6.49. The summed E-state index contributed by atoms with van der Waals surface area (Å²) < 4.78 is 0. The molecule has 0 aliphatic carbocycles. The Bertz CT molecular complexity index is 697. The Labute approximate surface area is 141 Å². The number of carbonyl (C=O) groups is 1. The van der Waals surface area contributed by atoms with Crippen LogP contribution in [0.15, 0.2) is 24.4 Å². The average molecular weight is 333 g/mol. The molecule has 1 N–H and O–H groups in total. The van der Waals surface area contributed by atoms with Gasteiger partial charge in [-0.25, -0.2) is 0 Å². The number of carbonyl (C=O) groups excluding carboxylic acids is 1. The highest BCUT2D eigenvalue weighted by Gasteiger charge is 2.23. The molecular formula is C18H21ClN2O2. The van der Waals surface area contributed by atoms with Crippen molar-refractivity contribution in [2.24, 2.45) is 5.92 Å². The van der Waals surface area contributed by atoms with Crippen molar-refractivity contribution >= 4 is 34.5 Å². The lowest BCUT2D eigenvalue weighted by atomic mass is 9.92. The van der Waals surface area contributed by atoms with Gasteiger partial charge in [0.2, 0.25) is 0 Å². The fourth-order valence-corrected chi connectivity index (χ4v) is 3.75. The van der Waals surface area contributed by atoms with Crippen molar-refractivity contribution in [3.63, 3.8) is 0 Å². The van der Waals surface area contributed by atoms with E-state index in [2.05, 4.69) is 9.88 Å². The Morgan fingerprint density at radius 3 is 2.87 bits per heavy atom. The molecule has 4 nitrogen and oxygen atoms in total. The smallest absolute Gasteiger partial charge is 0.124 e. The maximum Gasteiger partial charge on any atom is 0.124 e. The number of fused-ring (bicyclic) bond motifs is 1. The number of halogens is 1. The van der Waals surface area contributed by atoms with Crippen LogP contribution in [-0.4, -0.2) is 36.1 Å². The molecule has 0 amide bonds. The summed E-state index contributed by atoms with van der Waals surface area (Å²) in [6, 6.07) is 5.75. The maximum atomic E-state index is 11.1. The number of rotatable bonds is 5. The van der Waals surface area contributed by atoms with E-state index in [1.54, 1.807) is 6.20 Å². The fourth-order valence-electron chi connectivity index (χ4n) is 3.46. The summed E-state index contributed by atoms with van der Waals surface area (Å²) in [6.45, 7) is 2.10. The Morgan fingerprint density at radius 2 is 2.17 bits per heavy atom. The molecule has 0 spiro atoms. The van der Waals surface area contributed by atoms with Crippen molar-refractivity contribution < 1.29 is 9.90 Å². The van der Waals surface area contributed by atoms with E-state index in [-0.39, 0.29) is 6.61 Å². The topological polar surface area (TPSA) is 53.4 Å². The highest BCUT2D eigenvalue weighted by molar-refractivity contribution is 6.36. The van der Waals surface area contributed by atoms with Crippen LogP contribution in [0.4, 0.5) is 5.69 Å². The molecule has 3 rings (SSSR count). The first-order valence-corrected chi connectivity index (χ1v) is 8.48. The zero-order valence-electron chi connectivity index (χ0n) is 13.0. The van der Waals surface area contributed by atoms with E-state index in [4.69, 9.17) is 16.7 Å². The number of pyridine rings is 1. The second kappa shape index (κ2) is 7.28. The van der Waals surface area contributed by atoms with Crippen molar-refractivity contribution in [2.45, 2.75) is 25.7 Å². The average Bonchev–Trinajstić information content (AvgIpc) is 2.57. The number of aliphatic hydroxyl groups is 1. The van der Waals surface area contributed by atoms with Crippen LogP contribution in [-0.2, 0) is 11.2 Å². The van der Waals surface area contributed by atoms with Crippen LogP contribution in [0.5, 0.6) is 0 Å². The van der Waals surface area contributed by atoms with Crippen LogP contribution in [0.25, 0.3) is 10.9 Å². The third kappa shape index (κ3) is 3.33. The number of hydrogen-bond donors (Lipinski definition) is 1. The minimum atomic E-state index is 0.256. The van der Waals surface area contributed by atoms with Crippen LogP contribution in [0.2, 0.25) is 5.02 Å². The number of aldehydes is 1. The molecule has 1 fully saturated rings. The van der Waals surface area contributed by atoms with Gasteiger partial charge in [0.05, 0.1) is 16.2 Å². The van der Waals surface area contributed by atoms with Gasteiger partial charge in [0.1, 0.15) is 6.29 Å². The number of piperidine rings is 1. The summed E-state index contributed by atoms with van der Waals surface area (Å²) in [4.78, 5) is 17.9. The molecule has 2 aromatic rings. The van der Waals surface area contributed by atoms with Crippen molar-refractivity contribution in [3.8, 4) is 0 Å². The molecule has 0 saturated carbocycles. The zero-order valence-corrected chi connectivity index (χ0v) is 13.8. The first kappa shape index (κ1) is 16.2. The molecule has 0 radical (unpaired) electrons. The molecule has 2 heterocycles. The highest BCUT2D eigenvalue weighted by atomic mass is 35.5. The van der Waals surface area contributed by atoms with E-state index < -0.39 is 0 Å². The number of anilines is 1. The van der Waals surface area contributed by atoms with Crippen molar-refractivity contribution in [1.29, 1.82) is 0 Å². The van der Waals surface area contributed by atoms with E-state index in [0.717, 1.165) is 60.8 Å². The molecule has 0 atom stereocenters. The monoisotopic (exact) mass is 332 g/mol. The third-order valence-electron chi connectivity index (χ3n) is 4.67. The number of hydrogen-bond acceptors (Lipinski definition) is 4. The first-order valence-electron chi connectivity index (χ1n) is 8.10. The maximum absolute atomic E-state index is 11.1. The van der Waals surface area contributed by atoms with Crippen molar-refractivity contribution in [3.05, 3.63) is 35.0 Å². The van der Waals surface area contributed by atoms with Gasteiger partial charge in [0, 0.05) is 37.7 Å². The van der Waals surface area contributed by atoms with Gasteiger partial charge >= 0.3 is 0 Å². The lowest BCUT2D eigenvalue weighted by Crippen LogP contribution is -2.34. The molecule has 0 unspecified atom stereocenters. The first-order chi connectivity index (χ1) is 11.2. The minimum Gasteiger partial charge on any atom is -0.396 e. The molecule has 1 aliphatic heterocycles. The van der Waals surface area contributed by atoms with Gasteiger partial charge in [-0.2, -0.15) is 0 Å². The van der Waals surface area contributed by atoms with Gasteiger partial charge in [0.25, 0.3) is 0 Å². The van der Waals surface area contributed by atoms with E-state index >= 15 is 0 Å². The standard InChI is InChI=1S/C18H21ClN2O2/c19-16-12-14(6-11-23)18(17-15(16)2-1-7-20-17)21-8-3-13(4-9-21)5-10-22/h1-2,7,11-13,22H,3-6,8-10H2. The van der Waals surface area contributed by atoms with Gasteiger partial charge in [-0.05, 0) is 48.9 Å². The second-order valence-electron chi connectivity index (χ2n) is 6.08. The number of nitrogens with zero attached hydrogens (tertiary/aromatic N) is 2. The highest BCUT2D eigenvalue weighted by Crippen LogP contribution is 2.36. The van der Waals surface area contributed by atoms with Gasteiger partial charge in [-0.1, -0.05) is 11.6 Å². The van der Waals surface area contributed by atoms with Gasteiger partial charge in [-0.15, -0.1) is 0 Å². The summed E-state index contributed by atoms with van der Waals surface area (Å²) in [5.74, 6) is 0.581. The Balaban J connectivity index is 2.00. The lowest BCUT2D eigenvalue weighted by molar-refractivity contribution is -0.107. The summed E-state index contributed by atoms with van der Waals surface area (Å²) in [6.07, 6.45) is 6.01. The molecule has 1 saturated heterocycles. The number of aromatic nitrogens is 1. The zero-order chi connectivity index (χ0) is 16.2. The molecule has 1 aromatic carbocycles. The molecule has 1 aromatic heterocycles. The largest absolute Gasteiger partial charge is 0.396 e. The van der Waals surface area contributed by atoms with Crippen LogP contribution < -0.4 is 4.90 Å². The predicted octanol–water partition coefficient (Wildman–Crippen LogP) is 3.23. The van der Waals surface area contributed by atoms with E-state index in [9.17, 15) is 4.79 Å². The van der Waals surface area contributed by atoms with Crippen LogP contribution in [0.1, 0.15) is 24.8 Å². The minimum absolute atomic E-state index is 0.256. The third-order valence-corrected chi connectivity index (χ3v) is 4.98. The SMILES string of the molecule is O=CCc1cc(Cl)c2cccnc2c1N1CCC(CCO)CC1. The summed E-state index contributed by atoms with van der Waals surface area (Å²) in [5, 5.41) is 10.7. The predicted molar refractivity (Wildman–Crippen MR) is 93.2 cm³/mol.